The summed E-state index contributed by atoms with van der Waals surface area (Å²) in [7, 11) is 2.08. The van der Waals surface area contributed by atoms with Crippen LogP contribution in [0.5, 0.6) is 0 Å². The molecule has 7 nitrogen and oxygen atoms in total. The second kappa shape index (κ2) is 7.84. The highest BCUT2D eigenvalue weighted by atomic mass is 16.5. The molecule has 4 rings (SSSR count). The van der Waals surface area contributed by atoms with Crippen LogP contribution in [-0.2, 0) is 24.8 Å². The fraction of sp³-hybridized carbons (Fsp3) is 0.650. The van der Waals surface area contributed by atoms with Crippen LogP contribution in [0.4, 0.5) is 0 Å². The van der Waals surface area contributed by atoms with Crippen LogP contribution in [0.2, 0.25) is 0 Å². The Labute approximate surface area is 160 Å². The number of aryl methyl sites for hydroxylation is 1. The number of piperidine rings is 1. The number of amides is 1. The Morgan fingerprint density at radius 2 is 2.22 bits per heavy atom. The van der Waals surface area contributed by atoms with Crippen LogP contribution in [0, 0.1) is 0 Å². The molecule has 1 saturated carbocycles. The van der Waals surface area contributed by atoms with E-state index in [1.54, 1.807) is 6.92 Å². The van der Waals surface area contributed by atoms with Crippen molar-refractivity contribution < 1.29 is 9.32 Å². The van der Waals surface area contributed by atoms with Gasteiger partial charge in [-0.3, -0.25) is 9.69 Å². The third-order valence-corrected chi connectivity index (χ3v) is 5.75. The van der Waals surface area contributed by atoms with Crippen LogP contribution in [-0.4, -0.2) is 56.1 Å². The summed E-state index contributed by atoms with van der Waals surface area (Å²) in [5.41, 5.74) is 1.31. The van der Waals surface area contributed by atoms with E-state index in [0.717, 1.165) is 57.0 Å². The maximum atomic E-state index is 12.3. The second-order valence-corrected chi connectivity index (χ2v) is 7.93. The lowest BCUT2D eigenvalue weighted by molar-refractivity contribution is -0.132. The number of aromatic nitrogens is 3. The highest BCUT2D eigenvalue weighted by Gasteiger charge is 2.30. The van der Waals surface area contributed by atoms with Gasteiger partial charge in [0.1, 0.15) is 0 Å². The van der Waals surface area contributed by atoms with E-state index in [0.29, 0.717) is 18.9 Å². The van der Waals surface area contributed by atoms with Crippen LogP contribution >= 0.6 is 0 Å². The number of nitrogens with zero attached hydrogens (tertiary/aromatic N) is 5. The molecule has 2 aliphatic rings. The van der Waals surface area contributed by atoms with Crippen LogP contribution in [0.3, 0.4) is 0 Å². The van der Waals surface area contributed by atoms with Gasteiger partial charge in [-0.05, 0) is 44.4 Å². The lowest BCUT2D eigenvalue weighted by Crippen LogP contribution is -2.50. The normalized spacial score (nSPS) is 20.7. The third kappa shape index (κ3) is 4.40. The van der Waals surface area contributed by atoms with Crippen LogP contribution in [0.25, 0.3) is 0 Å². The minimum Gasteiger partial charge on any atom is -0.353 e. The van der Waals surface area contributed by atoms with Crippen molar-refractivity contribution >= 4 is 5.91 Å². The summed E-state index contributed by atoms with van der Waals surface area (Å²) in [5, 5.41) is 4.09. The van der Waals surface area contributed by atoms with Crippen molar-refractivity contribution in [3.05, 3.63) is 35.7 Å². The standard InChI is InChI=1S/C20H29N5O2/c1-15(26)25(12-9-19-21-20(27-22-19)16-7-8-16)18-6-4-11-24(14-18)13-17-5-3-10-23(17)2/h3,5,10,16,18H,4,6-9,11-14H2,1-2H3. The van der Waals surface area contributed by atoms with Crippen molar-refractivity contribution in [2.24, 2.45) is 7.05 Å². The zero-order valence-electron chi connectivity index (χ0n) is 16.3. The smallest absolute Gasteiger partial charge is 0.229 e. The van der Waals surface area contributed by atoms with Gasteiger partial charge in [0.2, 0.25) is 11.8 Å². The van der Waals surface area contributed by atoms with E-state index in [1.807, 2.05) is 4.90 Å². The van der Waals surface area contributed by atoms with E-state index in [2.05, 4.69) is 45.0 Å². The molecule has 0 radical (unpaired) electrons. The average molecular weight is 371 g/mol. The Bertz CT molecular complexity index is 779. The maximum absolute atomic E-state index is 12.3. The number of likely N-dealkylation sites (tertiary alicyclic amines) is 1. The molecule has 1 aliphatic heterocycles. The van der Waals surface area contributed by atoms with E-state index in [9.17, 15) is 4.79 Å². The highest BCUT2D eigenvalue weighted by molar-refractivity contribution is 5.73. The largest absolute Gasteiger partial charge is 0.353 e. The van der Waals surface area contributed by atoms with E-state index in [4.69, 9.17) is 4.52 Å². The molecule has 2 fully saturated rings. The summed E-state index contributed by atoms with van der Waals surface area (Å²) in [6, 6.07) is 4.51. The van der Waals surface area contributed by atoms with Crippen molar-refractivity contribution in [3.8, 4) is 0 Å². The van der Waals surface area contributed by atoms with Gasteiger partial charge in [-0.15, -0.1) is 0 Å². The third-order valence-electron chi connectivity index (χ3n) is 5.75. The number of hydrogen-bond donors (Lipinski definition) is 0. The van der Waals surface area contributed by atoms with Crippen molar-refractivity contribution in [3.63, 3.8) is 0 Å². The highest BCUT2D eigenvalue weighted by Crippen LogP contribution is 2.38. The van der Waals surface area contributed by atoms with E-state index in [-0.39, 0.29) is 11.9 Å². The van der Waals surface area contributed by atoms with Gasteiger partial charge < -0.3 is 14.0 Å². The summed E-state index contributed by atoms with van der Waals surface area (Å²) in [4.78, 5) is 21.3. The van der Waals surface area contributed by atoms with Crippen molar-refractivity contribution in [1.82, 2.24) is 24.5 Å². The quantitative estimate of drug-likeness (QED) is 0.747. The second-order valence-electron chi connectivity index (χ2n) is 7.93. The zero-order valence-corrected chi connectivity index (χ0v) is 16.3. The van der Waals surface area contributed by atoms with Crippen molar-refractivity contribution in [2.45, 2.75) is 57.5 Å². The van der Waals surface area contributed by atoms with Gasteiger partial charge in [0.15, 0.2) is 5.82 Å². The monoisotopic (exact) mass is 371 g/mol. The molecule has 3 heterocycles. The fourth-order valence-electron chi connectivity index (χ4n) is 4.00. The zero-order chi connectivity index (χ0) is 18.8. The molecule has 2 aromatic rings. The lowest BCUT2D eigenvalue weighted by Gasteiger charge is -2.39. The van der Waals surface area contributed by atoms with Crippen LogP contribution in [0.15, 0.2) is 22.9 Å². The topological polar surface area (TPSA) is 67.4 Å². The molecule has 1 unspecified atom stereocenters. The first-order chi connectivity index (χ1) is 13.1. The van der Waals surface area contributed by atoms with Gasteiger partial charge >= 0.3 is 0 Å². The maximum Gasteiger partial charge on any atom is 0.229 e. The van der Waals surface area contributed by atoms with Gasteiger partial charge in [0.25, 0.3) is 0 Å². The minimum absolute atomic E-state index is 0.131. The predicted octanol–water partition coefficient (Wildman–Crippen LogP) is 2.34. The molecule has 1 saturated heterocycles. The Morgan fingerprint density at radius 3 is 2.93 bits per heavy atom. The molecule has 0 aromatic carbocycles. The minimum atomic E-state index is 0.131. The number of hydrogen-bond acceptors (Lipinski definition) is 5. The lowest BCUT2D eigenvalue weighted by atomic mass is 10.0. The molecule has 0 bridgehead atoms. The van der Waals surface area contributed by atoms with E-state index >= 15 is 0 Å². The SMILES string of the molecule is CC(=O)N(CCc1noc(C2CC2)n1)C1CCCN(Cc2cccn2C)C1. The summed E-state index contributed by atoms with van der Waals surface area (Å²) in [6.07, 6.45) is 7.22. The molecule has 1 aliphatic carbocycles. The first-order valence-corrected chi connectivity index (χ1v) is 10.0. The molecular weight excluding hydrogens is 342 g/mol. The van der Waals surface area contributed by atoms with Gasteiger partial charge in [-0.25, -0.2) is 0 Å². The first kappa shape index (κ1) is 18.2. The summed E-state index contributed by atoms with van der Waals surface area (Å²) >= 11 is 0. The number of carbonyl (C=O) groups is 1. The molecular formula is C20H29N5O2. The molecule has 2 aromatic heterocycles. The van der Waals surface area contributed by atoms with Gasteiger partial charge in [0, 0.05) is 63.9 Å². The fourth-order valence-corrected chi connectivity index (χ4v) is 4.00. The van der Waals surface area contributed by atoms with E-state index in [1.165, 1.54) is 5.69 Å². The predicted molar refractivity (Wildman–Crippen MR) is 101 cm³/mol. The van der Waals surface area contributed by atoms with Gasteiger partial charge in [-0.2, -0.15) is 4.98 Å². The molecule has 1 atom stereocenters. The summed E-state index contributed by atoms with van der Waals surface area (Å²) in [5.74, 6) is 2.09. The first-order valence-electron chi connectivity index (χ1n) is 10.0. The Balaban J connectivity index is 1.35. The van der Waals surface area contributed by atoms with Crippen molar-refractivity contribution in [1.29, 1.82) is 0 Å². The van der Waals surface area contributed by atoms with Gasteiger partial charge in [-0.1, -0.05) is 5.16 Å². The summed E-state index contributed by atoms with van der Waals surface area (Å²) < 4.78 is 7.51. The molecule has 1 amide bonds. The number of carbonyl (C=O) groups excluding carboxylic acids is 1. The molecule has 0 spiro atoms. The van der Waals surface area contributed by atoms with Crippen molar-refractivity contribution in [2.75, 3.05) is 19.6 Å². The van der Waals surface area contributed by atoms with Crippen LogP contribution in [0.1, 0.15) is 55.9 Å². The Hall–Kier alpha value is -2.15. The molecule has 7 heteroatoms. The Kier molecular flexibility index (Phi) is 5.29. The van der Waals surface area contributed by atoms with E-state index < -0.39 is 0 Å². The van der Waals surface area contributed by atoms with Gasteiger partial charge in [0.05, 0.1) is 0 Å². The summed E-state index contributed by atoms with van der Waals surface area (Å²) in [6.45, 7) is 5.26. The number of rotatable bonds is 7. The average Bonchev–Trinajstić information content (AvgIpc) is 3.27. The molecule has 27 heavy (non-hydrogen) atoms. The molecule has 146 valence electrons. The molecule has 0 N–H and O–H groups in total. The van der Waals surface area contributed by atoms with Crippen LogP contribution < -0.4 is 0 Å². The Morgan fingerprint density at radius 1 is 1.37 bits per heavy atom.